The van der Waals surface area contributed by atoms with E-state index in [0.29, 0.717) is 11.4 Å². The third-order valence-corrected chi connectivity index (χ3v) is 4.79. The number of ether oxygens (including phenoxy) is 1. The van der Waals surface area contributed by atoms with Crippen molar-refractivity contribution in [2.24, 2.45) is 0 Å². The third-order valence-electron chi connectivity index (χ3n) is 4.79. The number of alkyl halides is 3. The Balaban J connectivity index is 1.64. The van der Waals surface area contributed by atoms with Gasteiger partial charge in [-0.25, -0.2) is 9.07 Å². The molecule has 0 aliphatic rings. The van der Waals surface area contributed by atoms with Crippen LogP contribution in [0.1, 0.15) is 22.8 Å². The summed E-state index contributed by atoms with van der Waals surface area (Å²) >= 11 is 0. The lowest BCUT2D eigenvalue weighted by Crippen LogP contribution is -2.12. The van der Waals surface area contributed by atoms with Crippen molar-refractivity contribution in [1.82, 2.24) is 14.8 Å². The molecule has 0 aliphatic heterocycles. The summed E-state index contributed by atoms with van der Waals surface area (Å²) in [6.45, 7) is 2.02. The van der Waals surface area contributed by atoms with Crippen molar-refractivity contribution in [2.45, 2.75) is 13.1 Å². The Morgan fingerprint density at radius 1 is 1.03 bits per heavy atom. The second-order valence-electron chi connectivity index (χ2n) is 7.15. The van der Waals surface area contributed by atoms with Gasteiger partial charge in [0.2, 0.25) is 0 Å². The molecule has 174 valence electrons. The normalized spacial score (nSPS) is 11.3. The highest BCUT2D eigenvalue weighted by Crippen LogP contribution is 2.33. The molecule has 34 heavy (non-hydrogen) atoms. The summed E-state index contributed by atoms with van der Waals surface area (Å²) in [5.74, 6) is -0.703. The van der Waals surface area contributed by atoms with Crippen molar-refractivity contribution in [3.63, 3.8) is 0 Å². The number of hydrogen-bond donors (Lipinski definition) is 1. The number of rotatable bonds is 6. The first-order valence-electron chi connectivity index (χ1n) is 10.2. The fourth-order valence-electron chi connectivity index (χ4n) is 3.18. The summed E-state index contributed by atoms with van der Waals surface area (Å²) in [6.07, 6.45) is -4.51. The van der Waals surface area contributed by atoms with Gasteiger partial charge >= 0.3 is 12.2 Å². The first-order chi connectivity index (χ1) is 16.2. The summed E-state index contributed by atoms with van der Waals surface area (Å²) < 4.78 is 59.4. The van der Waals surface area contributed by atoms with Crippen LogP contribution in [0.2, 0.25) is 0 Å². The maximum atomic E-state index is 13.2. The van der Waals surface area contributed by atoms with Crippen LogP contribution in [0.4, 0.5) is 23.2 Å². The SMILES string of the molecule is CCOc1nc(-c2cccc(C(F)(F)F)c2)n(-c2ccc(NC(=O)c3ccc(F)cc3)cc2)n1. The predicted molar refractivity (Wildman–Crippen MR) is 117 cm³/mol. The van der Waals surface area contributed by atoms with Crippen LogP contribution in [-0.4, -0.2) is 27.3 Å². The van der Waals surface area contributed by atoms with Crippen LogP contribution in [0, 0.1) is 5.82 Å². The van der Waals surface area contributed by atoms with Crippen LogP contribution in [0.15, 0.2) is 72.8 Å². The van der Waals surface area contributed by atoms with Crippen LogP contribution >= 0.6 is 0 Å². The summed E-state index contributed by atoms with van der Waals surface area (Å²) in [4.78, 5) is 16.6. The average Bonchev–Trinajstić information content (AvgIpc) is 3.24. The van der Waals surface area contributed by atoms with E-state index in [2.05, 4.69) is 15.4 Å². The zero-order valence-corrected chi connectivity index (χ0v) is 17.8. The molecule has 1 N–H and O–H groups in total. The van der Waals surface area contributed by atoms with E-state index in [4.69, 9.17) is 4.74 Å². The average molecular weight is 470 g/mol. The molecule has 0 radical (unpaired) electrons. The van der Waals surface area contributed by atoms with Gasteiger partial charge in [0.25, 0.3) is 5.91 Å². The van der Waals surface area contributed by atoms with Crippen LogP contribution in [0.3, 0.4) is 0 Å². The molecule has 1 aromatic heterocycles. The zero-order valence-electron chi connectivity index (χ0n) is 17.8. The van der Waals surface area contributed by atoms with E-state index in [0.717, 1.165) is 12.1 Å². The Hall–Kier alpha value is -4.21. The van der Waals surface area contributed by atoms with Crippen molar-refractivity contribution in [1.29, 1.82) is 0 Å². The van der Waals surface area contributed by atoms with Gasteiger partial charge in [-0.15, -0.1) is 5.10 Å². The maximum absolute atomic E-state index is 13.2. The Kier molecular flexibility index (Phi) is 6.31. The van der Waals surface area contributed by atoms with E-state index in [-0.39, 0.29) is 29.6 Å². The van der Waals surface area contributed by atoms with Gasteiger partial charge < -0.3 is 10.1 Å². The van der Waals surface area contributed by atoms with Gasteiger partial charge in [-0.1, -0.05) is 12.1 Å². The largest absolute Gasteiger partial charge is 0.463 e. The van der Waals surface area contributed by atoms with Crippen molar-refractivity contribution in [2.75, 3.05) is 11.9 Å². The van der Waals surface area contributed by atoms with E-state index < -0.39 is 23.5 Å². The molecule has 0 unspecified atom stereocenters. The van der Waals surface area contributed by atoms with Crippen molar-refractivity contribution < 1.29 is 27.1 Å². The molecule has 0 bridgehead atoms. The Morgan fingerprint density at radius 3 is 2.38 bits per heavy atom. The van der Waals surface area contributed by atoms with Gasteiger partial charge in [-0.05, 0) is 67.6 Å². The van der Waals surface area contributed by atoms with Gasteiger partial charge in [-0.2, -0.15) is 18.2 Å². The third kappa shape index (κ3) is 5.06. The Morgan fingerprint density at radius 2 is 1.74 bits per heavy atom. The first-order valence-corrected chi connectivity index (χ1v) is 10.2. The van der Waals surface area contributed by atoms with E-state index >= 15 is 0 Å². The minimum Gasteiger partial charge on any atom is -0.463 e. The number of halogens is 4. The van der Waals surface area contributed by atoms with Crippen LogP contribution in [0.5, 0.6) is 6.01 Å². The molecule has 0 fully saturated rings. The molecule has 3 aromatic carbocycles. The molecule has 0 spiro atoms. The first kappa shape index (κ1) is 23.0. The number of nitrogens with zero attached hydrogens (tertiary/aromatic N) is 3. The van der Waals surface area contributed by atoms with Gasteiger partial charge in [0, 0.05) is 16.8 Å². The summed E-state index contributed by atoms with van der Waals surface area (Å²) in [5, 5.41) is 6.96. The highest BCUT2D eigenvalue weighted by atomic mass is 19.4. The van der Waals surface area contributed by atoms with Crippen molar-refractivity contribution in [3.8, 4) is 23.1 Å². The molecular formula is C24H18F4N4O2. The van der Waals surface area contributed by atoms with Gasteiger partial charge in [-0.3, -0.25) is 4.79 Å². The molecule has 10 heteroatoms. The molecule has 4 aromatic rings. The lowest BCUT2D eigenvalue weighted by molar-refractivity contribution is -0.137. The van der Waals surface area contributed by atoms with E-state index in [1.807, 2.05) is 0 Å². The highest BCUT2D eigenvalue weighted by Gasteiger charge is 2.31. The number of nitrogens with one attached hydrogen (secondary N) is 1. The number of benzene rings is 3. The topological polar surface area (TPSA) is 69.0 Å². The van der Waals surface area contributed by atoms with Gasteiger partial charge in [0.1, 0.15) is 5.82 Å². The minimum atomic E-state index is -4.51. The van der Waals surface area contributed by atoms with Crippen molar-refractivity contribution in [3.05, 3.63) is 89.7 Å². The molecule has 0 aliphatic carbocycles. The summed E-state index contributed by atoms with van der Waals surface area (Å²) in [5.41, 5.74) is 0.641. The zero-order chi connectivity index (χ0) is 24.3. The predicted octanol–water partition coefficient (Wildman–Crippen LogP) is 5.74. The lowest BCUT2D eigenvalue weighted by Gasteiger charge is -2.10. The molecule has 1 amide bonds. The van der Waals surface area contributed by atoms with E-state index in [1.165, 1.54) is 41.1 Å². The number of amides is 1. The number of hydrogen-bond acceptors (Lipinski definition) is 4. The number of carbonyl (C=O) groups excluding carboxylic acids is 1. The lowest BCUT2D eigenvalue weighted by atomic mass is 10.1. The second-order valence-corrected chi connectivity index (χ2v) is 7.15. The van der Waals surface area contributed by atoms with Crippen LogP contribution in [-0.2, 0) is 6.18 Å². The Labute approximate surface area is 191 Å². The Bertz CT molecular complexity index is 1300. The molecule has 0 atom stereocenters. The monoisotopic (exact) mass is 470 g/mol. The fourth-order valence-corrected chi connectivity index (χ4v) is 3.18. The number of anilines is 1. The molecule has 4 rings (SSSR count). The second kappa shape index (κ2) is 9.34. The van der Waals surface area contributed by atoms with Gasteiger partial charge in [0.15, 0.2) is 5.82 Å². The molecule has 0 saturated heterocycles. The van der Waals surface area contributed by atoms with E-state index in [9.17, 15) is 22.4 Å². The minimum absolute atomic E-state index is 0.0172. The van der Waals surface area contributed by atoms with Gasteiger partial charge in [0.05, 0.1) is 17.9 Å². The number of carbonyl (C=O) groups is 1. The van der Waals surface area contributed by atoms with Crippen LogP contribution < -0.4 is 10.1 Å². The quantitative estimate of drug-likeness (QED) is 0.365. The van der Waals surface area contributed by atoms with E-state index in [1.54, 1.807) is 31.2 Å². The fraction of sp³-hybridized carbons (Fsp3) is 0.125. The maximum Gasteiger partial charge on any atom is 0.416 e. The standard InChI is InChI=1S/C24H18F4N4O2/c1-2-34-23-30-21(16-4-3-5-17(14-16)24(26,27)28)32(31-23)20-12-10-19(11-13-20)29-22(33)15-6-8-18(25)9-7-15/h3-14H,2H2,1H3,(H,29,33). The molecule has 0 saturated carbocycles. The van der Waals surface area contributed by atoms with Crippen molar-refractivity contribution >= 4 is 11.6 Å². The number of aromatic nitrogens is 3. The molecule has 1 heterocycles. The highest BCUT2D eigenvalue weighted by molar-refractivity contribution is 6.04. The smallest absolute Gasteiger partial charge is 0.416 e. The summed E-state index contributed by atoms with van der Waals surface area (Å²) in [7, 11) is 0. The summed E-state index contributed by atoms with van der Waals surface area (Å²) in [6, 6.07) is 16.4. The molecular weight excluding hydrogens is 452 g/mol. The molecule has 6 nitrogen and oxygen atoms in total. The van der Waals surface area contributed by atoms with Crippen LogP contribution in [0.25, 0.3) is 17.1 Å².